The van der Waals surface area contributed by atoms with Crippen LogP contribution in [0, 0.1) is 0 Å². The van der Waals surface area contributed by atoms with Crippen molar-refractivity contribution < 1.29 is 42.9 Å². The van der Waals surface area contributed by atoms with Gasteiger partial charge >= 0.3 is 13.7 Å². The van der Waals surface area contributed by atoms with Gasteiger partial charge in [0.15, 0.2) is 6.23 Å². The first-order chi connectivity index (χ1) is 16.8. The van der Waals surface area contributed by atoms with Crippen molar-refractivity contribution in [2.24, 2.45) is 0 Å². The first-order valence-electron chi connectivity index (χ1n) is 11.5. The summed E-state index contributed by atoms with van der Waals surface area (Å²) in [6, 6.07) is 7.12. The van der Waals surface area contributed by atoms with Crippen molar-refractivity contribution in [3.8, 4) is 5.75 Å². The number of nitrogens with zero attached hydrogens (tertiary/aromatic N) is 1. The fourth-order valence-corrected chi connectivity index (χ4v) is 5.21. The molecule has 12 heteroatoms. The molecule has 1 aromatic carbocycles. The van der Waals surface area contributed by atoms with Crippen molar-refractivity contribution in [1.29, 1.82) is 0 Å². The molecule has 0 aromatic heterocycles. The van der Waals surface area contributed by atoms with Crippen molar-refractivity contribution in [3.63, 3.8) is 0 Å². The molecule has 2 aliphatic rings. The van der Waals surface area contributed by atoms with Gasteiger partial charge in [0.25, 0.3) is 0 Å². The third-order valence-electron chi connectivity index (χ3n) is 5.58. The Hall–Kier alpha value is -2.53. The van der Waals surface area contributed by atoms with E-state index in [2.05, 4.69) is 11.7 Å². The molecule has 0 bridgehead atoms. The van der Waals surface area contributed by atoms with E-state index in [1.807, 2.05) is 0 Å². The molecular weight excluding hydrogens is 491 g/mol. The van der Waals surface area contributed by atoms with Crippen molar-refractivity contribution in [2.45, 2.75) is 70.3 Å². The highest BCUT2D eigenvalue weighted by Gasteiger charge is 2.56. The number of ether oxygens (including phenoxy) is 2. The van der Waals surface area contributed by atoms with E-state index in [1.165, 1.54) is 24.9 Å². The minimum atomic E-state index is -4.22. The van der Waals surface area contributed by atoms with Gasteiger partial charge in [0.05, 0.1) is 19.1 Å². The fourth-order valence-electron chi connectivity index (χ4n) is 3.71. The Kier molecular flexibility index (Phi) is 8.76. The van der Waals surface area contributed by atoms with Crippen molar-refractivity contribution in [2.75, 3.05) is 6.61 Å². The summed E-state index contributed by atoms with van der Waals surface area (Å²) >= 11 is 0. The van der Waals surface area contributed by atoms with Crippen LogP contribution in [0.4, 0.5) is 0 Å². The van der Waals surface area contributed by atoms with Gasteiger partial charge in [-0.25, -0.2) is 4.57 Å². The van der Waals surface area contributed by atoms with Crippen LogP contribution in [0.5, 0.6) is 5.75 Å². The van der Waals surface area contributed by atoms with Crippen LogP contribution < -0.4 is 9.61 Å². The molecule has 1 amide bonds. The molecule has 0 radical (unpaired) electrons. The number of benzene rings is 1. The zero-order chi connectivity index (χ0) is 26.7. The van der Waals surface area contributed by atoms with Gasteiger partial charge in [-0.05, 0) is 51.5 Å². The number of hydrogen-bond donors (Lipinski definition) is 3. The maximum Gasteiger partial charge on any atom is 0.459 e. The zero-order valence-corrected chi connectivity index (χ0v) is 21.6. The topological polar surface area (TPSA) is 144 Å². The van der Waals surface area contributed by atoms with Crippen molar-refractivity contribution in [1.82, 2.24) is 9.99 Å². The molecule has 36 heavy (non-hydrogen) atoms. The zero-order valence-electron chi connectivity index (χ0n) is 20.7. The molecule has 11 nitrogen and oxygen atoms in total. The van der Waals surface area contributed by atoms with Gasteiger partial charge in [0.2, 0.25) is 5.91 Å². The SMILES string of the molecule is C=C1C=CN([C@@H]2O[C@H](CO[P@@](=O)(N[C@@H](C)C(=O)OC(C)C)Oc3ccccc3)[C@@H](O)[C@@]2(C)O)C(=O)C1. The number of amides is 1. The highest BCUT2D eigenvalue weighted by Crippen LogP contribution is 2.46. The van der Waals surface area contributed by atoms with Crippen LogP contribution in [0.25, 0.3) is 0 Å². The number of hydrogen-bond acceptors (Lipinski definition) is 9. The Morgan fingerprint density at radius 2 is 2.00 bits per heavy atom. The van der Waals surface area contributed by atoms with E-state index in [1.54, 1.807) is 50.3 Å². The highest BCUT2D eigenvalue weighted by atomic mass is 31.2. The summed E-state index contributed by atoms with van der Waals surface area (Å²) in [5.41, 5.74) is -1.26. The predicted molar refractivity (Wildman–Crippen MR) is 129 cm³/mol. The van der Waals surface area contributed by atoms with E-state index in [9.17, 15) is 24.4 Å². The Balaban J connectivity index is 1.76. The lowest BCUT2D eigenvalue weighted by molar-refractivity contribution is -0.156. The summed E-state index contributed by atoms with van der Waals surface area (Å²) in [7, 11) is -4.22. The first-order valence-corrected chi connectivity index (χ1v) is 13.1. The number of carbonyl (C=O) groups excluding carboxylic acids is 2. The number of aliphatic hydroxyl groups excluding tert-OH is 1. The molecule has 3 N–H and O–H groups in total. The standard InChI is InChI=1S/C24H33N2O9P/c1-15(2)33-22(29)17(4)25-36(31,35-18-9-7-6-8-10-18)32-14-19-21(28)24(5,30)23(34-19)26-12-11-16(3)13-20(26)27/h6-12,15,17,19,21,23,28,30H,3,13-14H2,1-2,4-5H3,(H,25,31)/t17-,19+,21+,23+,24+,36-/m0/s1. The molecule has 0 spiro atoms. The Bertz CT molecular complexity index is 1040. The quantitative estimate of drug-likeness (QED) is 0.308. The molecule has 0 aliphatic carbocycles. The van der Waals surface area contributed by atoms with Crippen LogP contribution in [0.15, 0.2) is 54.8 Å². The summed E-state index contributed by atoms with van der Waals surface area (Å²) in [4.78, 5) is 25.9. The van der Waals surface area contributed by atoms with Gasteiger partial charge in [-0.1, -0.05) is 24.8 Å². The van der Waals surface area contributed by atoms with Crippen LogP contribution in [0.2, 0.25) is 0 Å². The lowest BCUT2D eigenvalue weighted by Crippen LogP contribution is -2.53. The van der Waals surface area contributed by atoms with E-state index in [0.29, 0.717) is 5.57 Å². The Morgan fingerprint density at radius 1 is 1.33 bits per heavy atom. The van der Waals surface area contributed by atoms with Crippen molar-refractivity contribution >= 4 is 19.6 Å². The second-order valence-corrected chi connectivity index (χ2v) is 10.9. The largest absolute Gasteiger partial charge is 0.462 e. The number of nitrogens with one attached hydrogen (secondary N) is 1. The molecule has 1 fully saturated rings. The molecule has 0 saturated carbocycles. The average molecular weight is 525 g/mol. The molecule has 198 valence electrons. The maximum atomic E-state index is 13.6. The predicted octanol–water partition coefficient (Wildman–Crippen LogP) is 2.26. The summed E-state index contributed by atoms with van der Waals surface area (Å²) in [5.74, 6) is -0.818. The fraction of sp³-hybridized carbons (Fsp3) is 0.500. The van der Waals surface area contributed by atoms with Gasteiger partial charge in [-0.15, -0.1) is 0 Å². The van der Waals surface area contributed by atoms with Gasteiger partial charge in [0, 0.05) is 6.20 Å². The lowest BCUT2D eigenvalue weighted by atomic mass is 9.95. The van der Waals surface area contributed by atoms with E-state index in [4.69, 9.17) is 18.5 Å². The lowest BCUT2D eigenvalue weighted by Gasteiger charge is -2.35. The minimum Gasteiger partial charge on any atom is -0.462 e. The van der Waals surface area contributed by atoms with Gasteiger partial charge < -0.3 is 24.2 Å². The molecule has 1 saturated heterocycles. The minimum absolute atomic E-state index is 0.0398. The monoisotopic (exact) mass is 524 g/mol. The summed E-state index contributed by atoms with van der Waals surface area (Å²) in [6.07, 6.45) is -1.21. The Labute approximate surface area is 210 Å². The van der Waals surface area contributed by atoms with Gasteiger partial charge in [-0.2, -0.15) is 5.09 Å². The van der Waals surface area contributed by atoms with E-state index in [0.717, 1.165) is 0 Å². The number of carbonyl (C=O) groups is 2. The van der Waals surface area contributed by atoms with Gasteiger partial charge in [0.1, 0.15) is 29.6 Å². The summed E-state index contributed by atoms with van der Waals surface area (Å²) in [5, 5.41) is 24.2. The molecule has 3 rings (SSSR count). The smallest absolute Gasteiger partial charge is 0.459 e. The maximum absolute atomic E-state index is 13.6. The second-order valence-electron chi connectivity index (χ2n) is 9.18. The van der Waals surface area contributed by atoms with Crippen molar-refractivity contribution in [3.05, 3.63) is 54.8 Å². The van der Waals surface area contributed by atoms with Crippen LogP contribution in [0.1, 0.15) is 34.1 Å². The number of allylic oxidation sites excluding steroid dienone is 1. The molecule has 1 aromatic rings. The van der Waals surface area contributed by atoms with Crippen LogP contribution >= 0.6 is 7.75 Å². The molecular formula is C24H33N2O9P. The third-order valence-corrected chi connectivity index (χ3v) is 7.22. The molecule has 6 atom stereocenters. The highest BCUT2D eigenvalue weighted by molar-refractivity contribution is 7.52. The number of para-hydroxylation sites is 1. The summed E-state index contributed by atoms with van der Waals surface area (Å²) in [6.45, 7) is 9.39. The van der Waals surface area contributed by atoms with E-state index in [-0.39, 0.29) is 24.2 Å². The molecule has 2 aliphatic heterocycles. The van der Waals surface area contributed by atoms with E-state index < -0.39 is 50.4 Å². The van der Waals surface area contributed by atoms with Crippen LogP contribution in [0.3, 0.4) is 0 Å². The summed E-state index contributed by atoms with van der Waals surface area (Å²) < 4.78 is 35.7. The van der Waals surface area contributed by atoms with E-state index >= 15 is 0 Å². The average Bonchev–Trinajstić information content (AvgIpc) is 3.01. The van der Waals surface area contributed by atoms with Gasteiger partial charge in [-0.3, -0.25) is 19.0 Å². The van der Waals surface area contributed by atoms with Crippen LogP contribution in [-0.4, -0.2) is 69.8 Å². The third kappa shape index (κ3) is 6.61. The Morgan fingerprint density at radius 3 is 2.61 bits per heavy atom. The second kappa shape index (κ2) is 11.2. The molecule has 0 unspecified atom stereocenters. The number of rotatable bonds is 10. The number of esters is 1. The molecule has 2 heterocycles. The normalized spacial score (nSPS) is 28.8. The number of aliphatic hydroxyl groups is 2. The first kappa shape index (κ1) is 28.0. The van der Waals surface area contributed by atoms with Crippen LogP contribution in [-0.2, 0) is 28.2 Å².